The molecule has 1 heterocycles. The Labute approximate surface area is 114 Å². The second-order valence-electron chi connectivity index (χ2n) is 5.08. The van der Waals surface area contributed by atoms with E-state index in [-0.39, 0.29) is 11.9 Å². The molecule has 1 fully saturated rings. The Morgan fingerprint density at radius 1 is 1.32 bits per heavy atom. The summed E-state index contributed by atoms with van der Waals surface area (Å²) in [6, 6.07) is 9.49. The summed E-state index contributed by atoms with van der Waals surface area (Å²) < 4.78 is 0. The molecule has 1 unspecified atom stereocenters. The zero-order chi connectivity index (χ0) is 13.8. The number of carbonyl (C=O) groups excluding carboxylic acids is 1. The molecule has 0 radical (unpaired) electrons. The predicted octanol–water partition coefficient (Wildman–Crippen LogP) is 2.27. The van der Waals surface area contributed by atoms with Gasteiger partial charge in [-0.2, -0.15) is 5.26 Å². The van der Waals surface area contributed by atoms with Gasteiger partial charge in [0.05, 0.1) is 6.07 Å². The van der Waals surface area contributed by atoms with Gasteiger partial charge in [-0.15, -0.1) is 0 Å². The first-order valence-corrected chi connectivity index (χ1v) is 6.61. The zero-order valence-electron chi connectivity index (χ0n) is 11.5. The van der Waals surface area contributed by atoms with Gasteiger partial charge in [0.2, 0.25) is 0 Å². The number of anilines is 1. The maximum Gasteiger partial charge on any atom is 0.254 e. The van der Waals surface area contributed by atoms with Crippen molar-refractivity contribution in [1.82, 2.24) is 4.90 Å². The summed E-state index contributed by atoms with van der Waals surface area (Å²) in [6.45, 7) is 0.687. The molecule has 1 saturated heterocycles. The first kappa shape index (κ1) is 13.4. The van der Waals surface area contributed by atoms with E-state index in [2.05, 4.69) is 6.07 Å². The fourth-order valence-corrected chi connectivity index (χ4v) is 2.38. The molecule has 0 spiro atoms. The summed E-state index contributed by atoms with van der Waals surface area (Å²) in [5.74, 6) is -0.0310. The van der Waals surface area contributed by atoms with E-state index in [0.717, 1.165) is 24.9 Å². The zero-order valence-corrected chi connectivity index (χ0v) is 11.5. The van der Waals surface area contributed by atoms with Crippen LogP contribution >= 0.6 is 0 Å². The molecule has 1 aromatic rings. The molecule has 0 aromatic heterocycles. The average Bonchev–Trinajstić information content (AvgIpc) is 2.46. The Balaban J connectivity index is 2.16. The highest BCUT2D eigenvalue weighted by Crippen LogP contribution is 2.20. The van der Waals surface area contributed by atoms with Crippen molar-refractivity contribution in [3.63, 3.8) is 0 Å². The smallest absolute Gasteiger partial charge is 0.254 e. The van der Waals surface area contributed by atoms with Crippen LogP contribution in [-0.2, 0) is 0 Å². The van der Waals surface area contributed by atoms with Crippen molar-refractivity contribution < 1.29 is 4.79 Å². The van der Waals surface area contributed by atoms with Crippen molar-refractivity contribution >= 4 is 11.6 Å². The molecule has 0 saturated carbocycles. The van der Waals surface area contributed by atoms with Crippen LogP contribution in [0.2, 0.25) is 0 Å². The van der Waals surface area contributed by atoms with Crippen LogP contribution in [0.5, 0.6) is 0 Å². The van der Waals surface area contributed by atoms with Crippen molar-refractivity contribution in [1.29, 1.82) is 5.26 Å². The molecule has 1 aromatic carbocycles. The Bertz CT molecular complexity index is 487. The number of rotatable bonds is 2. The quantitative estimate of drug-likeness (QED) is 0.816. The van der Waals surface area contributed by atoms with Gasteiger partial charge >= 0.3 is 0 Å². The van der Waals surface area contributed by atoms with E-state index in [1.54, 1.807) is 4.90 Å². The fraction of sp³-hybridized carbons (Fsp3) is 0.467. The van der Waals surface area contributed by atoms with Crippen LogP contribution in [0.15, 0.2) is 24.3 Å². The Morgan fingerprint density at radius 2 is 2.00 bits per heavy atom. The molecular weight excluding hydrogens is 238 g/mol. The highest BCUT2D eigenvalue weighted by Gasteiger charge is 2.27. The molecule has 19 heavy (non-hydrogen) atoms. The molecule has 4 nitrogen and oxygen atoms in total. The highest BCUT2D eigenvalue weighted by molar-refractivity contribution is 5.95. The van der Waals surface area contributed by atoms with Gasteiger partial charge in [-0.25, -0.2) is 0 Å². The average molecular weight is 257 g/mol. The van der Waals surface area contributed by atoms with Crippen molar-refractivity contribution in [3.05, 3.63) is 29.8 Å². The molecule has 2 rings (SSSR count). The van der Waals surface area contributed by atoms with Crippen molar-refractivity contribution in [2.45, 2.75) is 25.3 Å². The molecule has 4 heteroatoms. The first-order chi connectivity index (χ1) is 9.13. The third-order valence-electron chi connectivity index (χ3n) is 3.54. The molecule has 0 aliphatic carbocycles. The van der Waals surface area contributed by atoms with Gasteiger partial charge in [0.1, 0.15) is 6.04 Å². The van der Waals surface area contributed by atoms with Crippen LogP contribution in [0.25, 0.3) is 0 Å². The number of likely N-dealkylation sites (tertiary alicyclic amines) is 1. The number of hydrogen-bond acceptors (Lipinski definition) is 3. The fourth-order valence-electron chi connectivity index (χ4n) is 2.38. The highest BCUT2D eigenvalue weighted by atomic mass is 16.2. The maximum atomic E-state index is 12.4. The molecular formula is C15H19N3O. The van der Waals surface area contributed by atoms with E-state index in [4.69, 9.17) is 5.26 Å². The van der Waals surface area contributed by atoms with Crippen LogP contribution < -0.4 is 4.90 Å². The Morgan fingerprint density at radius 3 is 2.58 bits per heavy atom. The lowest BCUT2D eigenvalue weighted by Crippen LogP contribution is -2.42. The van der Waals surface area contributed by atoms with Crippen LogP contribution in [0.4, 0.5) is 5.69 Å². The van der Waals surface area contributed by atoms with E-state index in [9.17, 15) is 4.79 Å². The normalized spacial score (nSPS) is 18.8. The minimum absolute atomic E-state index is 0.0310. The molecule has 0 N–H and O–H groups in total. The van der Waals surface area contributed by atoms with Crippen LogP contribution in [0.1, 0.15) is 29.6 Å². The third kappa shape index (κ3) is 2.87. The lowest BCUT2D eigenvalue weighted by Gasteiger charge is -2.31. The topological polar surface area (TPSA) is 47.3 Å². The van der Waals surface area contributed by atoms with E-state index >= 15 is 0 Å². The first-order valence-electron chi connectivity index (χ1n) is 6.61. The van der Waals surface area contributed by atoms with Gasteiger partial charge in [-0.3, -0.25) is 4.79 Å². The lowest BCUT2D eigenvalue weighted by atomic mass is 10.0. The van der Waals surface area contributed by atoms with Crippen LogP contribution in [-0.4, -0.2) is 37.5 Å². The van der Waals surface area contributed by atoms with Gasteiger partial charge in [0, 0.05) is 31.9 Å². The van der Waals surface area contributed by atoms with Crippen molar-refractivity contribution in [2.24, 2.45) is 0 Å². The van der Waals surface area contributed by atoms with Crippen molar-refractivity contribution in [2.75, 3.05) is 25.5 Å². The van der Waals surface area contributed by atoms with Gasteiger partial charge in [-0.05, 0) is 43.5 Å². The molecule has 1 amide bonds. The van der Waals surface area contributed by atoms with Crippen LogP contribution in [0.3, 0.4) is 0 Å². The van der Waals surface area contributed by atoms with E-state index in [0.29, 0.717) is 12.1 Å². The number of nitrogens with zero attached hydrogens (tertiary/aromatic N) is 3. The number of carbonyl (C=O) groups is 1. The molecule has 100 valence electrons. The number of amides is 1. The largest absolute Gasteiger partial charge is 0.378 e. The van der Waals surface area contributed by atoms with Crippen molar-refractivity contribution in [3.8, 4) is 6.07 Å². The Hall–Kier alpha value is -2.02. The van der Waals surface area contributed by atoms with Crippen LogP contribution in [0, 0.1) is 11.3 Å². The SMILES string of the molecule is CN(C)c1ccc(C(=O)N2CCCCC2C#N)cc1. The van der Waals surface area contributed by atoms with Gasteiger partial charge in [-0.1, -0.05) is 0 Å². The second-order valence-corrected chi connectivity index (χ2v) is 5.08. The van der Waals surface area contributed by atoms with Gasteiger partial charge in [0.15, 0.2) is 0 Å². The third-order valence-corrected chi connectivity index (χ3v) is 3.54. The molecule has 1 atom stereocenters. The Kier molecular flexibility index (Phi) is 4.06. The van der Waals surface area contributed by atoms with Gasteiger partial charge in [0.25, 0.3) is 5.91 Å². The molecule has 1 aliphatic rings. The number of benzene rings is 1. The van der Waals surface area contributed by atoms with E-state index in [1.165, 1.54) is 0 Å². The summed E-state index contributed by atoms with van der Waals surface area (Å²) in [5.41, 5.74) is 1.72. The maximum absolute atomic E-state index is 12.4. The summed E-state index contributed by atoms with van der Waals surface area (Å²) in [5, 5.41) is 9.12. The standard InChI is InChI=1S/C15H19N3O/c1-17(2)13-8-6-12(7-9-13)15(19)18-10-4-3-5-14(18)11-16/h6-9,14H,3-5,10H2,1-2H3. The minimum atomic E-state index is -0.269. The molecule has 1 aliphatic heterocycles. The summed E-state index contributed by atoms with van der Waals surface area (Å²) in [7, 11) is 3.93. The minimum Gasteiger partial charge on any atom is -0.378 e. The number of nitriles is 1. The lowest BCUT2D eigenvalue weighted by molar-refractivity contribution is 0.0670. The monoisotopic (exact) mass is 257 g/mol. The number of hydrogen-bond donors (Lipinski definition) is 0. The van der Waals surface area contributed by atoms with E-state index < -0.39 is 0 Å². The summed E-state index contributed by atoms with van der Waals surface area (Å²) in [4.78, 5) is 16.1. The second kappa shape index (κ2) is 5.75. The summed E-state index contributed by atoms with van der Waals surface area (Å²) in [6.07, 6.45) is 2.80. The van der Waals surface area contributed by atoms with Gasteiger partial charge < -0.3 is 9.80 Å². The molecule has 0 bridgehead atoms. The van der Waals surface area contributed by atoms with E-state index in [1.807, 2.05) is 43.3 Å². The number of piperidine rings is 1. The summed E-state index contributed by atoms with van der Waals surface area (Å²) >= 11 is 0. The predicted molar refractivity (Wildman–Crippen MR) is 75.1 cm³/mol.